The molecular weight excluding hydrogens is 258 g/mol. The first-order valence-corrected chi connectivity index (χ1v) is 7.31. The molecule has 1 aliphatic rings. The molecule has 3 N–H and O–H groups in total. The van der Waals surface area contributed by atoms with Crippen LogP contribution in [0.25, 0.3) is 10.9 Å². The van der Waals surface area contributed by atoms with Gasteiger partial charge < -0.3 is 15.4 Å². The van der Waals surface area contributed by atoms with Crippen molar-refractivity contribution in [3.05, 3.63) is 30.0 Å². The van der Waals surface area contributed by atoms with Gasteiger partial charge in [0.15, 0.2) is 0 Å². The van der Waals surface area contributed by atoms with Crippen molar-refractivity contribution in [3.63, 3.8) is 0 Å². The van der Waals surface area contributed by atoms with Gasteiger partial charge in [-0.05, 0) is 18.6 Å². The van der Waals surface area contributed by atoms with Crippen molar-refractivity contribution >= 4 is 33.4 Å². The van der Waals surface area contributed by atoms with Crippen molar-refractivity contribution in [3.8, 4) is 0 Å². The summed E-state index contributed by atoms with van der Waals surface area (Å²) < 4.78 is 0. The number of hydrogen-bond donors (Lipinski definition) is 3. The van der Waals surface area contributed by atoms with Gasteiger partial charge in [-0.25, -0.2) is 0 Å². The average Bonchev–Trinajstić information content (AvgIpc) is 3.04. The third kappa shape index (κ3) is 2.35. The molecule has 100 valence electrons. The van der Waals surface area contributed by atoms with Gasteiger partial charge in [0.2, 0.25) is 0 Å². The molecule has 0 saturated carbocycles. The molecular formula is C14H17N3OS. The summed E-state index contributed by atoms with van der Waals surface area (Å²) in [5.74, 6) is 0. The molecule has 1 aromatic heterocycles. The van der Waals surface area contributed by atoms with Crippen molar-refractivity contribution in [1.29, 1.82) is 0 Å². The number of thioether (sulfide) groups is 1. The van der Waals surface area contributed by atoms with E-state index in [4.69, 9.17) is 5.11 Å². The summed E-state index contributed by atoms with van der Waals surface area (Å²) in [5, 5.41) is 14.8. The Balaban J connectivity index is 1.90. The van der Waals surface area contributed by atoms with Gasteiger partial charge in [-0.1, -0.05) is 23.9 Å². The predicted molar refractivity (Wildman–Crippen MR) is 82.3 cm³/mol. The Morgan fingerprint density at radius 3 is 3.21 bits per heavy atom. The average molecular weight is 275 g/mol. The van der Waals surface area contributed by atoms with E-state index in [1.54, 1.807) is 11.8 Å². The Hall–Kier alpha value is -1.46. The zero-order chi connectivity index (χ0) is 13.2. The number of aliphatic hydroxyl groups excluding tert-OH is 1. The van der Waals surface area contributed by atoms with Gasteiger partial charge in [-0.3, -0.25) is 4.99 Å². The first-order chi connectivity index (χ1) is 9.31. The highest BCUT2D eigenvalue weighted by Gasteiger charge is 2.21. The second kappa shape index (κ2) is 5.27. The highest BCUT2D eigenvalue weighted by atomic mass is 32.2. The van der Waals surface area contributed by atoms with Crippen LogP contribution in [0, 0.1) is 0 Å². The number of para-hydroxylation sites is 1. The second-order valence-corrected chi connectivity index (χ2v) is 5.89. The number of benzene rings is 1. The lowest BCUT2D eigenvalue weighted by molar-refractivity contribution is 0.288. The minimum Gasteiger partial charge on any atom is -0.396 e. The van der Waals surface area contributed by atoms with Gasteiger partial charge in [0.1, 0.15) is 5.04 Å². The number of H-pyrrole nitrogens is 1. The van der Waals surface area contributed by atoms with E-state index < -0.39 is 0 Å². The van der Waals surface area contributed by atoms with Crippen LogP contribution in [0.1, 0.15) is 12.1 Å². The van der Waals surface area contributed by atoms with Crippen LogP contribution in [0.2, 0.25) is 0 Å². The largest absolute Gasteiger partial charge is 0.396 e. The number of aromatic nitrogens is 1. The zero-order valence-electron chi connectivity index (χ0n) is 10.8. The van der Waals surface area contributed by atoms with E-state index in [1.165, 1.54) is 5.39 Å². The Kier molecular flexibility index (Phi) is 3.48. The number of hydrogen-bond acceptors (Lipinski definition) is 4. The van der Waals surface area contributed by atoms with Crippen LogP contribution in [0.4, 0.5) is 5.69 Å². The van der Waals surface area contributed by atoms with Gasteiger partial charge in [0.05, 0.1) is 23.4 Å². The molecule has 0 aliphatic carbocycles. The van der Waals surface area contributed by atoms with Gasteiger partial charge in [0.25, 0.3) is 0 Å². The molecule has 1 aromatic carbocycles. The Bertz CT molecular complexity index is 620. The normalized spacial score (nSPS) is 18.8. The van der Waals surface area contributed by atoms with Gasteiger partial charge in [-0.15, -0.1) is 0 Å². The lowest BCUT2D eigenvalue weighted by Gasteiger charge is -2.04. The molecule has 1 aliphatic heterocycles. The summed E-state index contributed by atoms with van der Waals surface area (Å²) >= 11 is 1.76. The van der Waals surface area contributed by atoms with Crippen LogP contribution in [-0.4, -0.2) is 40.6 Å². The first kappa shape index (κ1) is 12.6. The highest BCUT2D eigenvalue weighted by Crippen LogP contribution is 2.30. The van der Waals surface area contributed by atoms with Crippen molar-refractivity contribution < 1.29 is 5.11 Å². The number of aromatic amines is 1. The molecule has 0 saturated heterocycles. The molecule has 4 nitrogen and oxygen atoms in total. The van der Waals surface area contributed by atoms with Crippen LogP contribution in [0.5, 0.6) is 0 Å². The minimum absolute atomic E-state index is 0.233. The SMILES string of the molecule is CNc1cccc2cc(C3=NCC(CCO)S3)[nH]c12. The van der Waals surface area contributed by atoms with Crippen LogP contribution >= 0.6 is 11.8 Å². The third-order valence-corrected chi connectivity index (χ3v) is 4.61. The molecule has 19 heavy (non-hydrogen) atoms. The van der Waals surface area contributed by atoms with Crippen molar-refractivity contribution in [2.24, 2.45) is 4.99 Å². The summed E-state index contributed by atoms with van der Waals surface area (Å²) in [6.45, 7) is 1.03. The highest BCUT2D eigenvalue weighted by molar-refractivity contribution is 8.15. The molecule has 5 heteroatoms. The van der Waals surface area contributed by atoms with Crippen LogP contribution in [0.15, 0.2) is 29.3 Å². The van der Waals surface area contributed by atoms with Crippen molar-refractivity contribution in [2.75, 3.05) is 25.5 Å². The number of aliphatic imine (C=N–C) groups is 1. The number of nitrogens with zero attached hydrogens (tertiary/aromatic N) is 1. The number of anilines is 1. The lowest BCUT2D eigenvalue weighted by Crippen LogP contribution is -2.05. The number of rotatable bonds is 4. The van der Waals surface area contributed by atoms with Crippen molar-refractivity contribution in [1.82, 2.24) is 4.98 Å². The van der Waals surface area contributed by atoms with Crippen LogP contribution in [-0.2, 0) is 0 Å². The van der Waals surface area contributed by atoms with Crippen molar-refractivity contribution in [2.45, 2.75) is 11.7 Å². The van der Waals surface area contributed by atoms with Gasteiger partial charge in [0, 0.05) is 24.3 Å². The molecule has 3 rings (SSSR count). The number of nitrogens with one attached hydrogen (secondary N) is 2. The molecule has 0 spiro atoms. The van der Waals surface area contributed by atoms with E-state index in [2.05, 4.69) is 33.5 Å². The standard InChI is InChI=1S/C14H17N3OS/c1-15-11-4-2-3-9-7-12(17-13(9)11)14-16-8-10(19-14)5-6-18/h2-4,7,10,15,17-18H,5-6,8H2,1H3. The Morgan fingerprint density at radius 2 is 2.42 bits per heavy atom. The van der Waals surface area contributed by atoms with E-state index in [0.29, 0.717) is 5.25 Å². The lowest BCUT2D eigenvalue weighted by atomic mass is 10.2. The quantitative estimate of drug-likeness (QED) is 0.803. The number of aliphatic hydroxyl groups is 1. The topological polar surface area (TPSA) is 60.4 Å². The smallest absolute Gasteiger partial charge is 0.114 e. The number of fused-ring (bicyclic) bond motifs is 1. The van der Waals surface area contributed by atoms with E-state index >= 15 is 0 Å². The fourth-order valence-electron chi connectivity index (χ4n) is 2.34. The molecule has 0 fully saturated rings. The predicted octanol–water partition coefficient (Wildman–Crippen LogP) is 2.45. The Morgan fingerprint density at radius 1 is 1.53 bits per heavy atom. The zero-order valence-corrected chi connectivity index (χ0v) is 11.6. The summed E-state index contributed by atoms with van der Waals surface area (Å²) in [7, 11) is 1.93. The molecule has 1 unspecified atom stereocenters. The van der Waals surface area contributed by atoms with Crippen LogP contribution in [0.3, 0.4) is 0 Å². The summed E-state index contributed by atoms with van der Waals surface area (Å²) in [4.78, 5) is 8.02. The summed E-state index contributed by atoms with van der Waals surface area (Å²) in [5.41, 5.74) is 3.29. The van der Waals surface area contributed by atoms with Gasteiger partial charge >= 0.3 is 0 Å². The molecule has 2 aromatic rings. The fraction of sp³-hybridized carbons (Fsp3) is 0.357. The van der Waals surface area contributed by atoms with E-state index in [1.807, 2.05) is 13.1 Å². The van der Waals surface area contributed by atoms with E-state index in [-0.39, 0.29) is 6.61 Å². The van der Waals surface area contributed by atoms with E-state index in [0.717, 1.165) is 34.9 Å². The monoisotopic (exact) mass is 275 g/mol. The van der Waals surface area contributed by atoms with Gasteiger partial charge in [-0.2, -0.15) is 0 Å². The maximum atomic E-state index is 8.99. The fourth-order valence-corrected chi connectivity index (χ4v) is 3.41. The first-order valence-electron chi connectivity index (χ1n) is 6.43. The maximum absolute atomic E-state index is 8.99. The summed E-state index contributed by atoms with van der Waals surface area (Å²) in [6.07, 6.45) is 0.805. The molecule has 1 atom stereocenters. The molecule has 0 bridgehead atoms. The Labute approximate surface area is 116 Å². The molecule has 2 heterocycles. The summed E-state index contributed by atoms with van der Waals surface area (Å²) in [6, 6.07) is 8.34. The molecule has 0 radical (unpaired) electrons. The molecule has 0 amide bonds. The third-order valence-electron chi connectivity index (χ3n) is 3.32. The second-order valence-electron chi connectivity index (χ2n) is 4.60. The van der Waals surface area contributed by atoms with Crippen LogP contribution < -0.4 is 5.32 Å². The van der Waals surface area contributed by atoms with E-state index in [9.17, 15) is 0 Å². The minimum atomic E-state index is 0.233. The maximum Gasteiger partial charge on any atom is 0.114 e.